The lowest BCUT2D eigenvalue weighted by Crippen LogP contribution is -2.28. The Labute approximate surface area is 131 Å². The second-order valence-electron chi connectivity index (χ2n) is 7.01. The van der Waals surface area contributed by atoms with Crippen LogP contribution in [0.1, 0.15) is 71.1 Å². The third kappa shape index (κ3) is 5.62. The van der Waals surface area contributed by atoms with Crippen molar-refractivity contribution in [2.75, 3.05) is 6.61 Å². The van der Waals surface area contributed by atoms with Crippen LogP contribution in [0.15, 0.2) is 24.8 Å². The van der Waals surface area contributed by atoms with E-state index in [1.807, 2.05) is 6.08 Å². The lowest BCUT2D eigenvalue weighted by atomic mass is 9.70. The summed E-state index contributed by atoms with van der Waals surface area (Å²) in [6, 6.07) is 0. The fourth-order valence-corrected chi connectivity index (χ4v) is 4.44. The molecule has 2 aliphatic rings. The van der Waals surface area contributed by atoms with Crippen molar-refractivity contribution in [1.82, 2.24) is 0 Å². The molecule has 21 heavy (non-hydrogen) atoms. The van der Waals surface area contributed by atoms with E-state index in [4.69, 9.17) is 4.74 Å². The first-order valence-corrected chi connectivity index (χ1v) is 9.22. The summed E-state index contributed by atoms with van der Waals surface area (Å²) in [4.78, 5) is 0. The molecule has 0 aromatic heterocycles. The van der Waals surface area contributed by atoms with Gasteiger partial charge in [-0.2, -0.15) is 0 Å². The second-order valence-corrected chi connectivity index (χ2v) is 7.01. The molecule has 2 aliphatic carbocycles. The largest absolute Gasteiger partial charge is 0.379 e. The minimum atomic E-state index is 0.569. The molecule has 0 aromatic carbocycles. The average Bonchev–Trinajstić information content (AvgIpc) is 2.53. The first-order valence-electron chi connectivity index (χ1n) is 9.22. The molecule has 2 saturated carbocycles. The van der Waals surface area contributed by atoms with Crippen molar-refractivity contribution in [2.24, 2.45) is 17.8 Å². The van der Waals surface area contributed by atoms with Crippen molar-refractivity contribution < 1.29 is 4.74 Å². The Hall–Kier alpha value is -0.560. The van der Waals surface area contributed by atoms with Crippen LogP contribution in [0.3, 0.4) is 0 Å². The van der Waals surface area contributed by atoms with Crippen LogP contribution in [0.25, 0.3) is 0 Å². The van der Waals surface area contributed by atoms with E-state index in [2.05, 4.69) is 25.7 Å². The Bertz CT molecular complexity index is 304. The maximum absolute atomic E-state index is 5.79. The highest BCUT2D eigenvalue weighted by Crippen LogP contribution is 2.41. The fourth-order valence-electron chi connectivity index (χ4n) is 4.44. The lowest BCUT2D eigenvalue weighted by molar-refractivity contribution is 0.0135. The van der Waals surface area contributed by atoms with E-state index in [9.17, 15) is 0 Å². The number of rotatable bonds is 7. The number of allylic oxidation sites excluding steroid dienone is 3. The van der Waals surface area contributed by atoms with Crippen molar-refractivity contribution in [3.05, 3.63) is 24.8 Å². The van der Waals surface area contributed by atoms with E-state index in [1.54, 1.807) is 0 Å². The van der Waals surface area contributed by atoms with Gasteiger partial charge in [0.15, 0.2) is 0 Å². The Morgan fingerprint density at radius 3 is 2.14 bits per heavy atom. The molecule has 0 unspecified atom stereocenters. The van der Waals surface area contributed by atoms with Crippen LogP contribution >= 0.6 is 0 Å². The van der Waals surface area contributed by atoms with Gasteiger partial charge in [0.25, 0.3) is 0 Å². The van der Waals surface area contributed by atoms with E-state index < -0.39 is 0 Å². The van der Waals surface area contributed by atoms with Crippen molar-refractivity contribution in [3.63, 3.8) is 0 Å². The van der Waals surface area contributed by atoms with Crippen LogP contribution in [0.4, 0.5) is 0 Å². The van der Waals surface area contributed by atoms with Crippen LogP contribution < -0.4 is 0 Å². The monoisotopic (exact) mass is 290 g/mol. The van der Waals surface area contributed by atoms with Gasteiger partial charge in [-0.3, -0.25) is 0 Å². The minimum Gasteiger partial charge on any atom is -0.379 e. The zero-order chi connectivity index (χ0) is 14.9. The summed E-state index contributed by atoms with van der Waals surface area (Å²) in [5.74, 6) is 3.01. The molecule has 0 radical (unpaired) electrons. The highest BCUT2D eigenvalue weighted by atomic mass is 16.5. The number of hydrogen-bond donors (Lipinski definition) is 0. The predicted octanol–water partition coefficient (Wildman–Crippen LogP) is 5.91. The highest BCUT2D eigenvalue weighted by Gasteiger charge is 2.30. The maximum atomic E-state index is 5.79. The quantitative estimate of drug-likeness (QED) is 0.529. The zero-order valence-electron chi connectivity index (χ0n) is 13.9. The summed E-state index contributed by atoms with van der Waals surface area (Å²) in [6.07, 6.45) is 20.8. The second kappa shape index (κ2) is 9.46. The third-order valence-electron chi connectivity index (χ3n) is 5.69. The normalized spacial score (nSPS) is 34.1. The van der Waals surface area contributed by atoms with Gasteiger partial charge in [-0.05, 0) is 76.0 Å². The summed E-state index contributed by atoms with van der Waals surface area (Å²) in [7, 11) is 0. The topological polar surface area (TPSA) is 9.23 Å². The van der Waals surface area contributed by atoms with Crippen LogP contribution in [0.5, 0.6) is 0 Å². The molecule has 0 bridgehead atoms. The Morgan fingerprint density at radius 2 is 1.57 bits per heavy atom. The van der Waals surface area contributed by atoms with Gasteiger partial charge in [-0.25, -0.2) is 0 Å². The minimum absolute atomic E-state index is 0.569. The first-order chi connectivity index (χ1) is 10.3. The van der Waals surface area contributed by atoms with Gasteiger partial charge in [-0.15, -0.1) is 0 Å². The number of ether oxygens (including phenoxy) is 1. The molecule has 0 aromatic rings. The molecule has 0 N–H and O–H groups in total. The van der Waals surface area contributed by atoms with E-state index in [1.165, 1.54) is 64.2 Å². The molecule has 0 atom stereocenters. The fraction of sp³-hybridized carbons (Fsp3) is 0.800. The van der Waals surface area contributed by atoms with Gasteiger partial charge in [0, 0.05) is 6.61 Å². The standard InChI is InChI=1S/C20H34O/c1-3-5-6-7-8-17-9-11-18(12-10-17)19-13-15-20(16-14-19)21-4-2/h3,5-6,17-20H,1,4,7-16H2,2H3. The van der Waals surface area contributed by atoms with Crippen molar-refractivity contribution in [2.45, 2.75) is 77.2 Å². The molecular weight excluding hydrogens is 256 g/mol. The van der Waals surface area contributed by atoms with Crippen LogP contribution in [-0.4, -0.2) is 12.7 Å². The molecule has 0 amide bonds. The van der Waals surface area contributed by atoms with Gasteiger partial charge in [-0.1, -0.05) is 37.6 Å². The molecule has 0 heterocycles. The summed E-state index contributed by atoms with van der Waals surface area (Å²) >= 11 is 0. The molecule has 0 saturated heterocycles. The summed E-state index contributed by atoms with van der Waals surface area (Å²) in [5, 5.41) is 0. The van der Waals surface area contributed by atoms with Gasteiger partial charge in [0.2, 0.25) is 0 Å². The van der Waals surface area contributed by atoms with Gasteiger partial charge >= 0.3 is 0 Å². The predicted molar refractivity (Wildman–Crippen MR) is 91.4 cm³/mol. The molecule has 1 nitrogen and oxygen atoms in total. The maximum Gasteiger partial charge on any atom is 0.0575 e. The zero-order valence-corrected chi connectivity index (χ0v) is 13.9. The Kier molecular flexibility index (Phi) is 7.57. The van der Waals surface area contributed by atoms with E-state index in [0.29, 0.717) is 6.10 Å². The van der Waals surface area contributed by atoms with Crippen molar-refractivity contribution in [3.8, 4) is 0 Å². The smallest absolute Gasteiger partial charge is 0.0575 e. The van der Waals surface area contributed by atoms with Gasteiger partial charge < -0.3 is 4.74 Å². The first kappa shape index (κ1) is 16.8. The van der Waals surface area contributed by atoms with Crippen LogP contribution in [-0.2, 0) is 4.74 Å². The molecular formula is C20H34O. The molecule has 2 fully saturated rings. The Balaban J connectivity index is 1.63. The highest BCUT2D eigenvalue weighted by molar-refractivity contribution is 4.97. The summed E-state index contributed by atoms with van der Waals surface area (Å²) < 4.78 is 5.79. The van der Waals surface area contributed by atoms with Gasteiger partial charge in [0.1, 0.15) is 0 Å². The SMILES string of the molecule is C=CC=CCCC1CCC(C2CCC(OCC)CC2)CC1. The third-order valence-corrected chi connectivity index (χ3v) is 5.69. The summed E-state index contributed by atoms with van der Waals surface area (Å²) in [5.41, 5.74) is 0. The molecule has 120 valence electrons. The Morgan fingerprint density at radius 1 is 0.952 bits per heavy atom. The van der Waals surface area contributed by atoms with E-state index in [0.717, 1.165) is 24.4 Å². The molecule has 2 rings (SSSR count). The number of hydrogen-bond acceptors (Lipinski definition) is 1. The summed E-state index contributed by atoms with van der Waals surface area (Å²) in [6.45, 7) is 6.74. The molecule has 1 heteroatoms. The van der Waals surface area contributed by atoms with Crippen molar-refractivity contribution >= 4 is 0 Å². The van der Waals surface area contributed by atoms with Crippen LogP contribution in [0.2, 0.25) is 0 Å². The van der Waals surface area contributed by atoms with E-state index >= 15 is 0 Å². The van der Waals surface area contributed by atoms with Crippen LogP contribution in [0, 0.1) is 17.8 Å². The lowest BCUT2D eigenvalue weighted by Gasteiger charge is -2.37. The van der Waals surface area contributed by atoms with E-state index in [-0.39, 0.29) is 0 Å². The van der Waals surface area contributed by atoms with Gasteiger partial charge in [0.05, 0.1) is 6.10 Å². The van der Waals surface area contributed by atoms with Crippen molar-refractivity contribution in [1.29, 1.82) is 0 Å². The average molecular weight is 290 g/mol. The molecule has 0 spiro atoms. The molecule has 0 aliphatic heterocycles.